The van der Waals surface area contributed by atoms with Crippen molar-refractivity contribution in [3.8, 4) is 5.75 Å². The van der Waals surface area contributed by atoms with Crippen molar-refractivity contribution in [3.05, 3.63) is 50.4 Å². The second kappa shape index (κ2) is 5.94. The summed E-state index contributed by atoms with van der Waals surface area (Å²) in [7, 11) is 1.70. The number of aryl methyl sites for hydroxylation is 3. The average Bonchev–Trinajstić information content (AvgIpc) is 2.65. The largest absolute Gasteiger partial charge is 0.496 e. The van der Waals surface area contributed by atoms with Gasteiger partial charge in [0.1, 0.15) is 17.3 Å². The molecule has 2 rings (SSSR count). The van der Waals surface area contributed by atoms with E-state index in [2.05, 4.69) is 51.8 Å². The van der Waals surface area contributed by atoms with E-state index < -0.39 is 0 Å². The first-order chi connectivity index (χ1) is 9.36. The molecule has 0 aliphatic carbocycles. The van der Waals surface area contributed by atoms with Gasteiger partial charge in [-0.25, -0.2) is 0 Å². The lowest BCUT2D eigenvalue weighted by molar-refractivity contribution is 0.410. The number of hydrogen-bond donors (Lipinski definition) is 0. The van der Waals surface area contributed by atoms with Gasteiger partial charge in [-0.1, -0.05) is 31.9 Å². The van der Waals surface area contributed by atoms with Crippen molar-refractivity contribution in [3.63, 3.8) is 0 Å². The number of methoxy groups -OCH3 is 1. The van der Waals surface area contributed by atoms with Gasteiger partial charge < -0.3 is 9.15 Å². The first-order valence-electron chi connectivity index (χ1n) is 6.41. The molecule has 1 aromatic heterocycles. The summed E-state index contributed by atoms with van der Waals surface area (Å²) in [6.07, 6.45) is 0. The Hall–Kier alpha value is -0.740. The van der Waals surface area contributed by atoms with Gasteiger partial charge in [0.15, 0.2) is 0 Å². The van der Waals surface area contributed by atoms with Crippen LogP contribution >= 0.6 is 31.9 Å². The summed E-state index contributed by atoms with van der Waals surface area (Å²) in [5.41, 5.74) is 4.61. The monoisotopic (exact) mass is 400 g/mol. The number of halogens is 2. The maximum Gasteiger partial charge on any atom is 0.123 e. The van der Waals surface area contributed by atoms with E-state index in [0.717, 1.165) is 32.9 Å². The molecule has 1 heterocycles. The molecule has 0 spiro atoms. The van der Waals surface area contributed by atoms with E-state index in [1.165, 1.54) is 11.1 Å². The van der Waals surface area contributed by atoms with Crippen LogP contribution in [-0.2, 0) is 0 Å². The van der Waals surface area contributed by atoms with Crippen molar-refractivity contribution >= 4 is 31.9 Å². The summed E-state index contributed by atoms with van der Waals surface area (Å²) >= 11 is 7.39. The van der Waals surface area contributed by atoms with Crippen LogP contribution in [0.2, 0.25) is 0 Å². The van der Waals surface area contributed by atoms with E-state index in [9.17, 15) is 0 Å². The van der Waals surface area contributed by atoms with Gasteiger partial charge in [0.2, 0.25) is 0 Å². The molecule has 2 nitrogen and oxygen atoms in total. The van der Waals surface area contributed by atoms with Crippen LogP contribution in [0.3, 0.4) is 0 Å². The van der Waals surface area contributed by atoms with Crippen LogP contribution in [0.5, 0.6) is 5.75 Å². The molecule has 0 saturated carbocycles. The Morgan fingerprint density at radius 2 is 1.75 bits per heavy atom. The number of ether oxygens (including phenoxy) is 1. The van der Waals surface area contributed by atoms with Gasteiger partial charge in [-0.15, -0.1) is 0 Å². The third-order valence-electron chi connectivity index (χ3n) is 3.66. The Bertz CT molecular complexity index is 644. The van der Waals surface area contributed by atoms with Crippen molar-refractivity contribution < 1.29 is 9.15 Å². The van der Waals surface area contributed by atoms with Crippen LogP contribution in [-0.4, -0.2) is 7.11 Å². The molecule has 0 fully saturated rings. The molecule has 1 atom stereocenters. The minimum Gasteiger partial charge on any atom is -0.496 e. The number of hydrogen-bond acceptors (Lipinski definition) is 2. The molecule has 0 amide bonds. The highest BCUT2D eigenvalue weighted by molar-refractivity contribution is 9.10. The van der Waals surface area contributed by atoms with Gasteiger partial charge >= 0.3 is 0 Å². The van der Waals surface area contributed by atoms with E-state index in [0.29, 0.717) is 0 Å². The summed E-state index contributed by atoms with van der Waals surface area (Å²) in [6.45, 7) is 8.14. The van der Waals surface area contributed by atoms with Crippen molar-refractivity contribution in [1.29, 1.82) is 0 Å². The molecular formula is C16H18Br2O2. The smallest absolute Gasteiger partial charge is 0.123 e. The lowest BCUT2D eigenvalue weighted by Crippen LogP contribution is -2.00. The van der Waals surface area contributed by atoms with Crippen LogP contribution in [0.15, 0.2) is 21.0 Å². The zero-order valence-corrected chi connectivity index (χ0v) is 15.5. The van der Waals surface area contributed by atoms with E-state index in [1.807, 2.05) is 19.9 Å². The first kappa shape index (κ1) is 15.6. The fourth-order valence-electron chi connectivity index (χ4n) is 2.38. The molecule has 2 aromatic rings. The fourth-order valence-corrected chi connectivity index (χ4v) is 3.77. The maximum absolute atomic E-state index is 5.73. The van der Waals surface area contributed by atoms with Crippen LogP contribution in [0, 0.1) is 27.7 Å². The number of benzene rings is 1. The molecular weight excluding hydrogens is 384 g/mol. The third-order valence-corrected chi connectivity index (χ3v) is 5.46. The Labute approximate surface area is 136 Å². The number of rotatable bonds is 3. The second-order valence-corrected chi connectivity index (χ2v) is 6.73. The molecule has 0 radical (unpaired) electrons. The molecule has 4 heteroatoms. The zero-order chi connectivity index (χ0) is 15.0. The van der Waals surface area contributed by atoms with Crippen LogP contribution in [0.25, 0.3) is 0 Å². The van der Waals surface area contributed by atoms with Gasteiger partial charge in [0.25, 0.3) is 0 Å². The predicted octanol–water partition coefficient (Wildman–Crippen LogP) is 5.77. The molecule has 1 unspecified atom stereocenters. The summed E-state index contributed by atoms with van der Waals surface area (Å²) in [6, 6.07) is 4.15. The van der Waals surface area contributed by atoms with Gasteiger partial charge in [-0.3, -0.25) is 0 Å². The van der Waals surface area contributed by atoms with Gasteiger partial charge in [-0.2, -0.15) is 0 Å². The molecule has 1 aromatic carbocycles. The first-order valence-corrected chi connectivity index (χ1v) is 8.12. The molecule has 0 aliphatic rings. The quantitative estimate of drug-likeness (QED) is 0.609. The molecule has 0 bridgehead atoms. The van der Waals surface area contributed by atoms with Crippen LogP contribution < -0.4 is 4.74 Å². The number of alkyl halides is 1. The Balaban J connectivity index is 2.58. The molecule has 108 valence electrons. The second-order valence-electron chi connectivity index (χ2n) is 4.96. The Morgan fingerprint density at radius 1 is 1.10 bits per heavy atom. The van der Waals surface area contributed by atoms with Crippen molar-refractivity contribution in [2.75, 3.05) is 7.11 Å². The van der Waals surface area contributed by atoms with Crippen LogP contribution in [0.1, 0.15) is 38.6 Å². The van der Waals surface area contributed by atoms with E-state index in [4.69, 9.17) is 9.15 Å². The SMILES string of the molecule is COc1cc(C)c(Br)cc1C(Br)c1c(C)oc(C)c1C. The minimum absolute atomic E-state index is 0.0480. The van der Waals surface area contributed by atoms with Crippen molar-refractivity contribution in [1.82, 2.24) is 0 Å². The standard InChI is InChI=1S/C16H18Br2O2/c1-8-6-14(19-5)12(7-13(8)17)16(18)15-9(2)10(3)20-11(15)4/h6-7,16H,1-5H3. The lowest BCUT2D eigenvalue weighted by atomic mass is 9.99. The predicted molar refractivity (Wildman–Crippen MR) is 89.1 cm³/mol. The third kappa shape index (κ3) is 2.68. The highest BCUT2D eigenvalue weighted by Crippen LogP contribution is 2.42. The lowest BCUT2D eigenvalue weighted by Gasteiger charge is -2.16. The van der Waals surface area contributed by atoms with Gasteiger partial charge in [-0.05, 0) is 51.0 Å². The van der Waals surface area contributed by atoms with Crippen molar-refractivity contribution in [2.24, 2.45) is 0 Å². The van der Waals surface area contributed by atoms with E-state index >= 15 is 0 Å². The van der Waals surface area contributed by atoms with E-state index in [-0.39, 0.29) is 4.83 Å². The molecule has 20 heavy (non-hydrogen) atoms. The topological polar surface area (TPSA) is 22.4 Å². The molecule has 0 N–H and O–H groups in total. The zero-order valence-electron chi connectivity index (χ0n) is 12.3. The molecule has 0 saturated heterocycles. The van der Waals surface area contributed by atoms with Gasteiger partial charge in [0, 0.05) is 15.6 Å². The summed E-state index contributed by atoms with van der Waals surface area (Å²) < 4.78 is 12.3. The highest BCUT2D eigenvalue weighted by Gasteiger charge is 2.23. The Kier molecular flexibility index (Phi) is 4.65. The van der Waals surface area contributed by atoms with E-state index in [1.54, 1.807) is 7.11 Å². The summed E-state index contributed by atoms with van der Waals surface area (Å²) in [4.78, 5) is 0.0480. The normalized spacial score (nSPS) is 12.6. The fraction of sp³-hybridized carbons (Fsp3) is 0.375. The van der Waals surface area contributed by atoms with Gasteiger partial charge in [0.05, 0.1) is 11.9 Å². The summed E-state index contributed by atoms with van der Waals surface area (Å²) in [5, 5.41) is 0. The average molecular weight is 402 g/mol. The summed E-state index contributed by atoms with van der Waals surface area (Å²) in [5.74, 6) is 2.79. The van der Waals surface area contributed by atoms with Crippen LogP contribution in [0.4, 0.5) is 0 Å². The minimum atomic E-state index is 0.0480. The Morgan fingerprint density at radius 3 is 2.25 bits per heavy atom. The number of furan rings is 1. The highest BCUT2D eigenvalue weighted by atomic mass is 79.9. The molecule has 0 aliphatic heterocycles. The maximum atomic E-state index is 5.73. The van der Waals surface area contributed by atoms with Crippen molar-refractivity contribution in [2.45, 2.75) is 32.5 Å².